The molecule has 0 saturated heterocycles. The fourth-order valence-electron chi connectivity index (χ4n) is 1.25. The van der Waals surface area contributed by atoms with Gasteiger partial charge in [-0.05, 0) is 0 Å². The van der Waals surface area contributed by atoms with Crippen molar-refractivity contribution >= 4 is 46.9 Å². The largest absolute Gasteiger partial charge is 0.481 e. The normalized spacial score (nSPS) is 12.5. The van der Waals surface area contributed by atoms with Crippen LogP contribution in [0.25, 0.3) is 0 Å². The number of nitrogens with one attached hydrogen (secondary N) is 1. The zero-order valence-electron chi connectivity index (χ0n) is 11.1. The molecule has 0 amide bonds. The van der Waals surface area contributed by atoms with Gasteiger partial charge in [-0.25, -0.2) is 4.79 Å². The van der Waals surface area contributed by atoms with E-state index in [-0.39, 0.29) is 22.9 Å². The number of hydrogen-bond acceptors (Lipinski definition) is 5. The third-order valence-electron chi connectivity index (χ3n) is 2.32. The summed E-state index contributed by atoms with van der Waals surface area (Å²) in [6, 6.07) is -1.06. The van der Waals surface area contributed by atoms with E-state index in [1.54, 1.807) is 13.8 Å². The van der Waals surface area contributed by atoms with Crippen LogP contribution in [-0.2, 0) is 14.4 Å². The Kier molecular flexibility index (Phi) is 7.51. The van der Waals surface area contributed by atoms with Crippen LogP contribution in [0.5, 0.6) is 0 Å². The van der Waals surface area contributed by atoms with Crippen LogP contribution in [0.1, 0.15) is 20.3 Å². The molecule has 0 fully saturated rings. The molecule has 0 aliphatic heterocycles. The van der Waals surface area contributed by atoms with Gasteiger partial charge in [0.25, 0.3) is 0 Å². The predicted octanol–water partition coefficient (Wildman–Crippen LogP) is 0.675. The van der Waals surface area contributed by atoms with Crippen LogP contribution < -0.4 is 5.32 Å². The first-order chi connectivity index (χ1) is 9.06. The molecular weight excluding hydrogens is 306 g/mol. The lowest BCUT2D eigenvalue weighted by atomic mass is 9.89. The van der Waals surface area contributed by atoms with Crippen LogP contribution in [0.15, 0.2) is 0 Å². The SMILES string of the molecule is CC(C)(CC(=O)O)C(=S)N[C@@H](CSCC(=O)O)C(=O)O. The maximum Gasteiger partial charge on any atom is 0.326 e. The number of carboxylic acid groups (broad SMARTS) is 3. The topological polar surface area (TPSA) is 124 Å². The van der Waals surface area contributed by atoms with Crippen molar-refractivity contribution < 1.29 is 29.7 Å². The highest BCUT2D eigenvalue weighted by Gasteiger charge is 2.30. The summed E-state index contributed by atoms with van der Waals surface area (Å²) in [5.41, 5.74) is -0.883. The molecule has 0 aromatic carbocycles. The highest BCUT2D eigenvalue weighted by Crippen LogP contribution is 2.22. The van der Waals surface area contributed by atoms with E-state index in [2.05, 4.69) is 5.32 Å². The van der Waals surface area contributed by atoms with E-state index in [9.17, 15) is 14.4 Å². The Balaban J connectivity index is 4.58. The van der Waals surface area contributed by atoms with E-state index in [1.807, 2.05) is 0 Å². The summed E-state index contributed by atoms with van der Waals surface area (Å²) in [6.45, 7) is 3.19. The first kappa shape index (κ1) is 18.7. The Labute approximate surface area is 125 Å². The fourth-order valence-corrected chi connectivity index (χ4v) is 2.22. The molecule has 0 unspecified atom stereocenters. The zero-order chi connectivity index (χ0) is 15.9. The molecule has 114 valence electrons. The van der Waals surface area contributed by atoms with Crippen molar-refractivity contribution in [3.8, 4) is 0 Å². The lowest BCUT2D eigenvalue weighted by Gasteiger charge is -2.27. The lowest BCUT2D eigenvalue weighted by molar-refractivity contribution is -0.138. The smallest absolute Gasteiger partial charge is 0.326 e. The molecule has 9 heteroatoms. The van der Waals surface area contributed by atoms with Crippen molar-refractivity contribution in [3.63, 3.8) is 0 Å². The van der Waals surface area contributed by atoms with E-state index in [0.717, 1.165) is 11.8 Å². The van der Waals surface area contributed by atoms with Gasteiger partial charge >= 0.3 is 17.9 Å². The monoisotopic (exact) mass is 323 g/mol. The number of hydrogen-bond donors (Lipinski definition) is 4. The van der Waals surface area contributed by atoms with Gasteiger partial charge in [0.15, 0.2) is 0 Å². The molecule has 0 saturated carbocycles. The number of aliphatic carboxylic acids is 3. The van der Waals surface area contributed by atoms with Crippen LogP contribution in [0, 0.1) is 5.41 Å². The summed E-state index contributed by atoms with van der Waals surface area (Å²) < 4.78 is 0. The van der Waals surface area contributed by atoms with Crippen LogP contribution >= 0.6 is 24.0 Å². The second-order valence-corrected chi connectivity index (χ2v) is 6.17. The first-order valence-corrected chi connectivity index (χ1v) is 7.17. The minimum absolute atomic E-state index is 0.0188. The maximum atomic E-state index is 11.1. The van der Waals surface area contributed by atoms with Gasteiger partial charge in [-0.15, -0.1) is 11.8 Å². The number of thiocarbonyl (C=S) groups is 1. The van der Waals surface area contributed by atoms with E-state index >= 15 is 0 Å². The van der Waals surface area contributed by atoms with Gasteiger partial charge in [-0.1, -0.05) is 26.1 Å². The summed E-state index contributed by atoms with van der Waals surface area (Å²) in [5.74, 6) is -3.43. The summed E-state index contributed by atoms with van der Waals surface area (Å²) >= 11 is 5.99. The maximum absolute atomic E-state index is 11.1. The zero-order valence-corrected chi connectivity index (χ0v) is 12.7. The van der Waals surface area contributed by atoms with Crippen LogP contribution in [0.4, 0.5) is 0 Å². The molecule has 0 aromatic rings. The van der Waals surface area contributed by atoms with Crippen LogP contribution in [-0.4, -0.2) is 55.8 Å². The van der Waals surface area contributed by atoms with Gasteiger partial charge in [-0.2, -0.15) is 0 Å². The van der Waals surface area contributed by atoms with Crippen molar-refractivity contribution in [2.24, 2.45) is 5.41 Å². The molecule has 7 nitrogen and oxygen atoms in total. The van der Waals surface area contributed by atoms with Gasteiger partial charge in [0.2, 0.25) is 0 Å². The van der Waals surface area contributed by atoms with E-state index in [4.69, 9.17) is 27.5 Å². The standard InChI is InChI=1S/C11H17NO6S2/c1-11(2,3-7(13)14)10(19)12-6(9(17)18)4-20-5-8(15)16/h6H,3-5H2,1-2H3,(H,12,19)(H,13,14)(H,15,16)(H,17,18)/t6-/m0/s1. The van der Waals surface area contributed by atoms with Crippen molar-refractivity contribution in [1.29, 1.82) is 0 Å². The lowest BCUT2D eigenvalue weighted by Crippen LogP contribution is -2.47. The first-order valence-electron chi connectivity index (χ1n) is 5.61. The van der Waals surface area contributed by atoms with Gasteiger partial charge in [0.1, 0.15) is 6.04 Å². The van der Waals surface area contributed by atoms with Crippen molar-refractivity contribution in [1.82, 2.24) is 5.32 Å². The van der Waals surface area contributed by atoms with Crippen molar-refractivity contribution in [3.05, 3.63) is 0 Å². The van der Waals surface area contributed by atoms with Gasteiger partial charge in [0.05, 0.1) is 17.2 Å². The van der Waals surface area contributed by atoms with E-state index in [0.29, 0.717) is 0 Å². The molecule has 0 radical (unpaired) electrons. The molecule has 20 heavy (non-hydrogen) atoms. The van der Waals surface area contributed by atoms with E-state index in [1.165, 1.54) is 0 Å². The minimum atomic E-state index is -1.17. The van der Waals surface area contributed by atoms with Crippen LogP contribution in [0.2, 0.25) is 0 Å². The number of rotatable bonds is 9. The van der Waals surface area contributed by atoms with Crippen molar-refractivity contribution in [2.75, 3.05) is 11.5 Å². The highest BCUT2D eigenvalue weighted by molar-refractivity contribution is 8.00. The average Bonchev–Trinajstić information content (AvgIpc) is 2.24. The van der Waals surface area contributed by atoms with Gasteiger partial charge in [-0.3, -0.25) is 9.59 Å². The summed E-state index contributed by atoms with van der Waals surface area (Å²) in [6.07, 6.45) is -0.229. The molecule has 0 aliphatic rings. The minimum Gasteiger partial charge on any atom is -0.481 e. The number of carboxylic acids is 3. The third-order valence-corrected chi connectivity index (χ3v) is 4.01. The molecule has 0 rings (SSSR count). The highest BCUT2D eigenvalue weighted by atomic mass is 32.2. The molecule has 4 N–H and O–H groups in total. The second kappa shape index (κ2) is 8.05. The molecule has 0 aromatic heterocycles. The molecule has 0 bridgehead atoms. The third kappa shape index (κ3) is 7.29. The summed E-state index contributed by atoms with van der Waals surface area (Å²) in [4.78, 5) is 32.3. The van der Waals surface area contributed by atoms with Gasteiger partial charge < -0.3 is 20.6 Å². The summed E-state index contributed by atoms with van der Waals surface area (Å²) in [7, 11) is 0. The average molecular weight is 323 g/mol. The fraction of sp³-hybridized carbons (Fsp3) is 0.636. The quantitative estimate of drug-likeness (QED) is 0.453. The van der Waals surface area contributed by atoms with Gasteiger partial charge in [0, 0.05) is 11.2 Å². The van der Waals surface area contributed by atoms with Crippen molar-refractivity contribution in [2.45, 2.75) is 26.3 Å². The number of carbonyl (C=O) groups is 3. The van der Waals surface area contributed by atoms with E-state index < -0.39 is 29.4 Å². The summed E-state index contributed by atoms with van der Waals surface area (Å²) in [5, 5.41) is 28.9. The Morgan fingerprint density at radius 1 is 1.20 bits per heavy atom. The molecule has 0 spiro atoms. The molecule has 0 aliphatic carbocycles. The Morgan fingerprint density at radius 2 is 1.75 bits per heavy atom. The van der Waals surface area contributed by atoms with Crippen LogP contribution in [0.3, 0.4) is 0 Å². The Bertz CT molecular complexity index is 410. The molecular formula is C11H17NO6S2. The molecule has 1 atom stereocenters. The second-order valence-electron chi connectivity index (χ2n) is 4.73. The Hall–Kier alpha value is -1.35. The molecule has 0 heterocycles. The Morgan fingerprint density at radius 3 is 2.15 bits per heavy atom. The number of thioether (sulfide) groups is 1. The predicted molar refractivity (Wildman–Crippen MR) is 78.2 cm³/mol.